The van der Waals surface area contributed by atoms with E-state index >= 15 is 0 Å². The highest BCUT2D eigenvalue weighted by atomic mass is 79.9. The van der Waals surface area contributed by atoms with Crippen LogP contribution in [0.4, 0.5) is 0 Å². The monoisotopic (exact) mass is 356 g/mol. The van der Waals surface area contributed by atoms with Crippen molar-refractivity contribution in [2.75, 3.05) is 20.7 Å². The van der Waals surface area contributed by atoms with Crippen molar-refractivity contribution in [3.63, 3.8) is 0 Å². The van der Waals surface area contributed by atoms with Gasteiger partial charge in [-0.25, -0.2) is 0 Å². The first-order valence-electron chi connectivity index (χ1n) is 7.25. The standard InChI is InChI=1S/C16H25BrN2O2/c1-12(2)18-11-13-7-5-8-14(17)16(13)21-10-6-9-15(20)19(3)4/h5,7-8,12,18H,6,9-11H2,1-4H3. The van der Waals surface area contributed by atoms with Gasteiger partial charge in [-0.2, -0.15) is 0 Å². The molecule has 0 saturated heterocycles. The van der Waals surface area contributed by atoms with E-state index in [4.69, 9.17) is 4.74 Å². The van der Waals surface area contributed by atoms with Crippen LogP contribution in [0.2, 0.25) is 0 Å². The Hall–Kier alpha value is -1.07. The molecule has 1 aromatic carbocycles. The lowest BCUT2D eigenvalue weighted by Crippen LogP contribution is -2.23. The molecule has 0 unspecified atom stereocenters. The Bertz CT molecular complexity index is 462. The summed E-state index contributed by atoms with van der Waals surface area (Å²) in [6.07, 6.45) is 1.23. The average molecular weight is 357 g/mol. The number of hydrogen-bond acceptors (Lipinski definition) is 3. The van der Waals surface area contributed by atoms with E-state index in [0.29, 0.717) is 19.1 Å². The van der Waals surface area contributed by atoms with Gasteiger partial charge in [0.25, 0.3) is 0 Å². The molecule has 1 rings (SSSR count). The summed E-state index contributed by atoms with van der Waals surface area (Å²) in [5.41, 5.74) is 1.12. The highest BCUT2D eigenvalue weighted by Gasteiger charge is 2.09. The molecule has 1 N–H and O–H groups in total. The van der Waals surface area contributed by atoms with Crippen LogP contribution in [0.3, 0.4) is 0 Å². The summed E-state index contributed by atoms with van der Waals surface area (Å²) in [5.74, 6) is 0.996. The van der Waals surface area contributed by atoms with Gasteiger partial charge in [-0.1, -0.05) is 26.0 Å². The molecule has 0 aliphatic heterocycles. The number of nitrogens with zero attached hydrogens (tertiary/aromatic N) is 1. The van der Waals surface area contributed by atoms with Gasteiger partial charge < -0.3 is 15.0 Å². The van der Waals surface area contributed by atoms with Crippen LogP contribution in [0.25, 0.3) is 0 Å². The second kappa shape index (κ2) is 9.05. The van der Waals surface area contributed by atoms with Crippen LogP contribution < -0.4 is 10.1 Å². The fourth-order valence-electron chi connectivity index (χ4n) is 1.79. The highest BCUT2D eigenvalue weighted by Crippen LogP contribution is 2.29. The number of halogens is 1. The van der Waals surface area contributed by atoms with Gasteiger partial charge in [-0.05, 0) is 28.4 Å². The lowest BCUT2D eigenvalue weighted by atomic mass is 10.2. The summed E-state index contributed by atoms with van der Waals surface area (Å²) in [4.78, 5) is 13.1. The Morgan fingerprint density at radius 3 is 2.71 bits per heavy atom. The van der Waals surface area contributed by atoms with Crippen LogP contribution in [-0.2, 0) is 11.3 Å². The number of carbonyl (C=O) groups is 1. The molecule has 0 aliphatic rings. The Morgan fingerprint density at radius 1 is 1.38 bits per heavy atom. The maximum absolute atomic E-state index is 11.5. The van der Waals surface area contributed by atoms with E-state index < -0.39 is 0 Å². The molecular formula is C16H25BrN2O2. The molecule has 0 fully saturated rings. The molecule has 0 atom stereocenters. The van der Waals surface area contributed by atoms with Crippen LogP contribution in [0.15, 0.2) is 22.7 Å². The lowest BCUT2D eigenvalue weighted by Gasteiger charge is -2.15. The van der Waals surface area contributed by atoms with E-state index in [1.165, 1.54) is 0 Å². The number of hydrogen-bond donors (Lipinski definition) is 1. The van der Waals surface area contributed by atoms with E-state index in [1.54, 1.807) is 19.0 Å². The number of benzene rings is 1. The SMILES string of the molecule is CC(C)NCc1cccc(Br)c1OCCCC(=O)N(C)C. The fraction of sp³-hybridized carbons (Fsp3) is 0.562. The zero-order chi connectivity index (χ0) is 15.8. The summed E-state index contributed by atoms with van der Waals surface area (Å²) < 4.78 is 6.82. The van der Waals surface area contributed by atoms with Crippen LogP contribution in [-0.4, -0.2) is 37.6 Å². The van der Waals surface area contributed by atoms with Crippen molar-refractivity contribution in [3.05, 3.63) is 28.2 Å². The van der Waals surface area contributed by atoms with Crippen LogP contribution in [0.5, 0.6) is 5.75 Å². The smallest absolute Gasteiger partial charge is 0.222 e. The molecule has 4 nitrogen and oxygen atoms in total. The van der Waals surface area contributed by atoms with Crippen molar-refractivity contribution in [2.45, 2.75) is 39.3 Å². The van der Waals surface area contributed by atoms with E-state index in [1.807, 2.05) is 12.1 Å². The minimum atomic E-state index is 0.132. The molecule has 0 spiro atoms. The fourth-order valence-corrected chi connectivity index (χ4v) is 2.31. The highest BCUT2D eigenvalue weighted by molar-refractivity contribution is 9.10. The zero-order valence-electron chi connectivity index (χ0n) is 13.3. The summed E-state index contributed by atoms with van der Waals surface area (Å²) in [6.45, 7) is 5.54. The largest absolute Gasteiger partial charge is 0.492 e. The minimum absolute atomic E-state index is 0.132. The topological polar surface area (TPSA) is 41.6 Å². The summed E-state index contributed by atoms with van der Waals surface area (Å²) >= 11 is 3.53. The van der Waals surface area contributed by atoms with Crippen LogP contribution in [0, 0.1) is 0 Å². The van der Waals surface area contributed by atoms with Gasteiger partial charge >= 0.3 is 0 Å². The molecule has 0 radical (unpaired) electrons. The summed E-state index contributed by atoms with van der Waals surface area (Å²) in [6, 6.07) is 6.46. The second-order valence-electron chi connectivity index (χ2n) is 5.50. The molecule has 0 aromatic heterocycles. The molecule has 5 heteroatoms. The van der Waals surface area contributed by atoms with E-state index in [9.17, 15) is 4.79 Å². The Kier molecular flexibility index (Phi) is 7.75. The quantitative estimate of drug-likeness (QED) is 0.727. The second-order valence-corrected chi connectivity index (χ2v) is 6.36. The minimum Gasteiger partial charge on any atom is -0.492 e. The zero-order valence-corrected chi connectivity index (χ0v) is 14.9. The van der Waals surface area contributed by atoms with Crippen LogP contribution in [0.1, 0.15) is 32.3 Å². The van der Waals surface area contributed by atoms with Crippen molar-refractivity contribution in [1.82, 2.24) is 10.2 Å². The molecular weight excluding hydrogens is 332 g/mol. The first-order chi connectivity index (χ1) is 9.91. The number of amides is 1. The maximum Gasteiger partial charge on any atom is 0.222 e. The Balaban J connectivity index is 2.55. The third-order valence-corrected chi connectivity index (χ3v) is 3.65. The molecule has 0 bridgehead atoms. The third-order valence-electron chi connectivity index (χ3n) is 3.03. The predicted octanol–water partition coefficient (Wildman–Crippen LogP) is 3.19. The molecule has 0 heterocycles. The molecule has 118 valence electrons. The van der Waals surface area contributed by atoms with Gasteiger partial charge in [0.15, 0.2) is 0 Å². The predicted molar refractivity (Wildman–Crippen MR) is 89.5 cm³/mol. The van der Waals surface area contributed by atoms with Gasteiger partial charge in [0.05, 0.1) is 11.1 Å². The number of rotatable bonds is 8. The average Bonchev–Trinajstić information content (AvgIpc) is 2.42. The van der Waals surface area contributed by atoms with Gasteiger partial charge in [0, 0.05) is 38.7 Å². The Labute approximate surface area is 136 Å². The van der Waals surface area contributed by atoms with Gasteiger partial charge in [-0.15, -0.1) is 0 Å². The van der Waals surface area contributed by atoms with Gasteiger partial charge in [0.2, 0.25) is 5.91 Å². The van der Waals surface area contributed by atoms with Gasteiger partial charge in [0.1, 0.15) is 5.75 Å². The normalized spacial score (nSPS) is 10.8. The van der Waals surface area contributed by atoms with Crippen molar-refractivity contribution in [3.8, 4) is 5.75 Å². The number of carbonyl (C=O) groups excluding carboxylic acids is 1. The number of para-hydroxylation sites is 1. The van der Waals surface area contributed by atoms with E-state index in [-0.39, 0.29) is 5.91 Å². The van der Waals surface area contributed by atoms with Crippen molar-refractivity contribution in [2.24, 2.45) is 0 Å². The first kappa shape index (κ1) is 18.0. The number of nitrogens with one attached hydrogen (secondary N) is 1. The lowest BCUT2D eigenvalue weighted by molar-refractivity contribution is -0.128. The molecule has 0 aliphatic carbocycles. The summed E-state index contributed by atoms with van der Waals surface area (Å²) in [5, 5.41) is 3.39. The third kappa shape index (κ3) is 6.48. The molecule has 1 aromatic rings. The van der Waals surface area contributed by atoms with Gasteiger partial charge in [-0.3, -0.25) is 4.79 Å². The molecule has 0 saturated carbocycles. The Morgan fingerprint density at radius 2 is 2.10 bits per heavy atom. The molecule has 21 heavy (non-hydrogen) atoms. The summed E-state index contributed by atoms with van der Waals surface area (Å²) in [7, 11) is 3.54. The van der Waals surface area contributed by atoms with Crippen molar-refractivity contribution >= 4 is 21.8 Å². The van der Waals surface area contributed by atoms with E-state index in [2.05, 4.69) is 41.2 Å². The molecule has 1 amide bonds. The first-order valence-corrected chi connectivity index (χ1v) is 8.04. The van der Waals surface area contributed by atoms with Crippen LogP contribution >= 0.6 is 15.9 Å². The maximum atomic E-state index is 11.5. The van der Waals surface area contributed by atoms with Crippen molar-refractivity contribution < 1.29 is 9.53 Å². The van der Waals surface area contributed by atoms with E-state index in [0.717, 1.165) is 28.8 Å². The number of ether oxygens (including phenoxy) is 1. The van der Waals surface area contributed by atoms with Crippen molar-refractivity contribution in [1.29, 1.82) is 0 Å².